The molecule has 5 heteroatoms. The van der Waals surface area contributed by atoms with Crippen molar-refractivity contribution in [2.24, 2.45) is 5.92 Å². The molecule has 22 heavy (non-hydrogen) atoms. The summed E-state index contributed by atoms with van der Waals surface area (Å²) in [5.41, 5.74) is 2.00. The van der Waals surface area contributed by atoms with Crippen molar-refractivity contribution in [2.45, 2.75) is 26.3 Å². The molecule has 1 atom stereocenters. The highest BCUT2D eigenvalue weighted by molar-refractivity contribution is 7.15. The number of thiophene rings is 1. The minimum atomic E-state index is 0.660. The van der Waals surface area contributed by atoms with Gasteiger partial charge in [0, 0.05) is 17.6 Å². The Balaban J connectivity index is 1.79. The molecule has 0 spiro atoms. The molecule has 0 amide bonds. The van der Waals surface area contributed by atoms with Crippen molar-refractivity contribution >= 4 is 22.5 Å². The molecule has 4 rings (SSSR count). The van der Waals surface area contributed by atoms with Crippen molar-refractivity contribution in [3.8, 4) is 10.7 Å². The number of hydrogen-bond donors (Lipinski definition) is 1. The first-order valence-electron chi connectivity index (χ1n) is 7.90. The number of hydrogen-bond acceptors (Lipinski definition) is 4. The molecule has 0 radical (unpaired) electrons. The third-order valence-electron chi connectivity index (χ3n) is 4.30. The fourth-order valence-corrected chi connectivity index (χ4v) is 4.08. The molecule has 4 heterocycles. The fourth-order valence-electron chi connectivity index (χ4n) is 3.21. The molecule has 1 unspecified atom stereocenters. The van der Waals surface area contributed by atoms with E-state index < -0.39 is 0 Å². The van der Waals surface area contributed by atoms with Crippen LogP contribution in [0.4, 0.5) is 0 Å². The number of imidazole rings is 1. The summed E-state index contributed by atoms with van der Waals surface area (Å²) < 4.78 is 2.32. The summed E-state index contributed by atoms with van der Waals surface area (Å²) in [6, 6.07) is 8.36. The monoisotopic (exact) mass is 312 g/mol. The quantitative estimate of drug-likeness (QED) is 0.805. The molecule has 1 N–H and O–H groups in total. The van der Waals surface area contributed by atoms with Gasteiger partial charge in [0.2, 0.25) is 0 Å². The lowest BCUT2D eigenvalue weighted by Crippen LogP contribution is -2.32. The fraction of sp³-hybridized carbons (Fsp3) is 0.412. The SMILES string of the molecule is Cc1ccc(-c2nc3cccnc3n2CC2CCCNC2)s1. The Hall–Kier alpha value is -1.72. The van der Waals surface area contributed by atoms with Gasteiger partial charge in [0.05, 0.1) is 4.88 Å². The molecule has 4 nitrogen and oxygen atoms in total. The zero-order valence-electron chi connectivity index (χ0n) is 12.7. The van der Waals surface area contributed by atoms with Gasteiger partial charge in [-0.3, -0.25) is 0 Å². The van der Waals surface area contributed by atoms with Crippen molar-refractivity contribution in [1.29, 1.82) is 0 Å². The highest BCUT2D eigenvalue weighted by Crippen LogP contribution is 2.30. The summed E-state index contributed by atoms with van der Waals surface area (Å²) in [5, 5.41) is 3.51. The van der Waals surface area contributed by atoms with Crippen molar-refractivity contribution in [3.63, 3.8) is 0 Å². The standard InChI is InChI=1S/C17H20N4S/c1-12-6-7-15(22-12)17-20-14-5-3-9-19-16(14)21(17)11-13-4-2-8-18-10-13/h3,5-7,9,13,18H,2,4,8,10-11H2,1H3. The van der Waals surface area contributed by atoms with Crippen LogP contribution < -0.4 is 5.32 Å². The highest BCUT2D eigenvalue weighted by Gasteiger charge is 2.20. The molecule has 0 bridgehead atoms. The number of rotatable bonds is 3. The van der Waals surface area contributed by atoms with Crippen LogP contribution in [0.2, 0.25) is 0 Å². The normalized spacial score (nSPS) is 18.9. The third kappa shape index (κ3) is 2.55. The highest BCUT2D eigenvalue weighted by atomic mass is 32.1. The maximum absolute atomic E-state index is 4.85. The van der Waals surface area contributed by atoms with Gasteiger partial charge in [-0.25, -0.2) is 9.97 Å². The molecule has 3 aromatic heterocycles. The van der Waals surface area contributed by atoms with E-state index in [-0.39, 0.29) is 0 Å². The van der Waals surface area contributed by atoms with Crippen LogP contribution in [0.3, 0.4) is 0 Å². The van der Waals surface area contributed by atoms with E-state index in [2.05, 4.69) is 40.0 Å². The van der Waals surface area contributed by atoms with Crippen molar-refractivity contribution in [3.05, 3.63) is 35.3 Å². The summed E-state index contributed by atoms with van der Waals surface area (Å²) in [4.78, 5) is 12.0. The van der Waals surface area contributed by atoms with E-state index in [1.165, 1.54) is 22.6 Å². The van der Waals surface area contributed by atoms with Crippen LogP contribution in [0, 0.1) is 12.8 Å². The van der Waals surface area contributed by atoms with Gasteiger partial charge >= 0.3 is 0 Å². The van der Waals surface area contributed by atoms with Gasteiger partial charge in [0.1, 0.15) is 5.52 Å². The van der Waals surface area contributed by atoms with Gasteiger partial charge in [-0.1, -0.05) is 0 Å². The third-order valence-corrected chi connectivity index (χ3v) is 5.30. The van der Waals surface area contributed by atoms with Gasteiger partial charge < -0.3 is 9.88 Å². The van der Waals surface area contributed by atoms with E-state index in [4.69, 9.17) is 4.98 Å². The van der Waals surface area contributed by atoms with Crippen LogP contribution >= 0.6 is 11.3 Å². The van der Waals surface area contributed by atoms with E-state index in [1.807, 2.05) is 12.3 Å². The number of nitrogens with one attached hydrogen (secondary N) is 1. The molecule has 1 aliphatic rings. The lowest BCUT2D eigenvalue weighted by atomic mass is 9.99. The molecular weight excluding hydrogens is 292 g/mol. The van der Waals surface area contributed by atoms with E-state index in [0.29, 0.717) is 5.92 Å². The average Bonchev–Trinajstić information content (AvgIpc) is 3.13. The summed E-state index contributed by atoms with van der Waals surface area (Å²) in [6.45, 7) is 5.38. The number of aromatic nitrogens is 3. The zero-order chi connectivity index (χ0) is 14.9. The maximum atomic E-state index is 4.85. The first kappa shape index (κ1) is 13.9. The second kappa shape index (κ2) is 5.82. The van der Waals surface area contributed by atoms with Gasteiger partial charge in [0.25, 0.3) is 0 Å². The first-order valence-corrected chi connectivity index (χ1v) is 8.72. The number of pyridine rings is 1. The van der Waals surface area contributed by atoms with E-state index in [0.717, 1.165) is 36.6 Å². The number of nitrogens with zero attached hydrogens (tertiary/aromatic N) is 3. The van der Waals surface area contributed by atoms with Gasteiger partial charge in [-0.05, 0) is 63.0 Å². The van der Waals surface area contributed by atoms with Crippen molar-refractivity contribution in [1.82, 2.24) is 19.9 Å². The second-order valence-electron chi connectivity index (χ2n) is 6.01. The van der Waals surface area contributed by atoms with Crippen LogP contribution in [0.5, 0.6) is 0 Å². The zero-order valence-corrected chi connectivity index (χ0v) is 13.6. The molecule has 1 aliphatic heterocycles. The first-order chi connectivity index (χ1) is 10.8. The smallest absolute Gasteiger partial charge is 0.160 e. The Morgan fingerprint density at radius 2 is 2.32 bits per heavy atom. The van der Waals surface area contributed by atoms with Crippen LogP contribution in [-0.4, -0.2) is 27.6 Å². The van der Waals surface area contributed by atoms with Crippen LogP contribution in [0.15, 0.2) is 30.5 Å². The van der Waals surface area contributed by atoms with E-state index in [9.17, 15) is 0 Å². The molecule has 0 aromatic carbocycles. The lowest BCUT2D eigenvalue weighted by molar-refractivity contribution is 0.341. The molecular formula is C17H20N4S. The van der Waals surface area contributed by atoms with Crippen LogP contribution in [-0.2, 0) is 6.54 Å². The predicted molar refractivity (Wildman–Crippen MR) is 91.2 cm³/mol. The van der Waals surface area contributed by atoms with Gasteiger partial charge in [-0.2, -0.15) is 0 Å². The summed E-state index contributed by atoms with van der Waals surface area (Å²) in [6.07, 6.45) is 4.41. The molecule has 0 aliphatic carbocycles. The number of fused-ring (bicyclic) bond motifs is 1. The van der Waals surface area contributed by atoms with Crippen molar-refractivity contribution < 1.29 is 0 Å². The second-order valence-corrected chi connectivity index (χ2v) is 7.30. The molecule has 1 fully saturated rings. The summed E-state index contributed by atoms with van der Waals surface area (Å²) in [7, 11) is 0. The summed E-state index contributed by atoms with van der Waals surface area (Å²) >= 11 is 1.81. The molecule has 0 saturated carbocycles. The Morgan fingerprint density at radius 3 is 3.09 bits per heavy atom. The Kier molecular flexibility index (Phi) is 3.68. The lowest BCUT2D eigenvalue weighted by Gasteiger charge is -2.23. The maximum Gasteiger partial charge on any atom is 0.160 e. The minimum absolute atomic E-state index is 0.660. The van der Waals surface area contributed by atoms with Crippen molar-refractivity contribution in [2.75, 3.05) is 13.1 Å². The van der Waals surface area contributed by atoms with Gasteiger partial charge in [0.15, 0.2) is 11.5 Å². The largest absolute Gasteiger partial charge is 0.316 e. The topological polar surface area (TPSA) is 42.7 Å². The molecule has 3 aromatic rings. The Morgan fingerprint density at radius 1 is 1.36 bits per heavy atom. The van der Waals surface area contributed by atoms with Crippen LogP contribution in [0.25, 0.3) is 21.9 Å². The average molecular weight is 312 g/mol. The molecule has 1 saturated heterocycles. The van der Waals surface area contributed by atoms with E-state index >= 15 is 0 Å². The summed E-state index contributed by atoms with van der Waals surface area (Å²) in [5.74, 6) is 1.73. The molecule has 114 valence electrons. The minimum Gasteiger partial charge on any atom is -0.316 e. The Labute approximate surface area is 134 Å². The predicted octanol–water partition coefficient (Wildman–Crippen LogP) is 3.47. The van der Waals surface area contributed by atoms with Gasteiger partial charge in [-0.15, -0.1) is 11.3 Å². The van der Waals surface area contributed by atoms with E-state index in [1.54, 1.807) is 11.3 Å². The van der Waals surface area contributed by atoms with Crippen LogP contribution in [0.1, 0.15) is 17.7 Å². The number of aryl methyl sites for hydroxylation is 1. The Bertz CT molecular complexity index is 783. The number of piperidine rings is 1.